The molecule has 0 aliphatic carbocycles. The highest BCUT2D eigenvalue weighted by Crippen LogP contribution is 2.03. The molecule has 0 spiro atoms. The fourth-order valence-corrected chi connectivity index (χ4v) is 1.50. The lowest BCUT2D eigenvalue weighted by atomic mass is 10.1. The number of hydrogen-bond acceptors (Lipinski definition) is 3. The molecule has 1 atom stereocenters. The van der Waals surface area contributed by atoms with Gasteiger partial charge in [-0.3, -0.25) is 0 Å². The SMILES string of the molecule is CC(CN)CCCOCOCc1ccccc1. The maximum absolute atomic E-state index is 5.53. The second-order valence-electron chi connectivity index (χ2n) is 4.34. The number of benzene rings is 1. The summed E-state index contributed by atoms with van der Waals surface area (Å²) in [4.78, 5) is 0. The molecule has 0 aromatic heterocycles. The minimum absolute atomic E-state index is 0.367. The van der Waals surface area contributed by atoms with E-state index < -0.39 is 0 Å². The summed E-state index contributed by atoms with van der Waals surface area (Å²) in [5.74, 6) is 0.587. The van der Waals surface area contributed by atoms with Gasteiger partial charge in [0, 0.05) is 6.61 Å². The molecule has 1 unspecified atom stereocenters. The predicted molar refractivity (Wildman–Crippen MR) is 69.5 cm³/mol. The van der Waals surface area contributed by atoms with Gasteiger partial charge in [0.05, 0.1) is 6.61 Å². The molecular formula is C14H23NO2. The van der Waals surface area contributed by atoms with E-state index in [0.29, 0.717) is 19.3 Å². The van der Waals surface area contributed by atoms with Gasteiger partial charge < -0.3 is 15.2 Å². The van der Waals surface area contributed by atoms with Crippen LogP contribution in [0.2, 0.25) is 0 Å². The Morgan fingerprint density at radius 1 is 1.18 bits per heavy atom. The Hall–Kier alpha value is -0.900. The normalized spacial score (nSPS) is 12.6. The Balaban J connectivity index is 1.91. The molecule has 96 valence electrons. The third kappa shape index (κ3) is 7.10. The van der Waals surface area contributed by atoms with Crippen LogP contribution in [0, 0.1) is 5.92 Å². The first-order valence-electron chi connectivity index (χ1n) is 6.22. The van der Waals surface area contributed by atoms with Crippen LogP contribution in [0.15, 0.2) is 30.3 Å². The fourth-order valence-electron chi connectivity index (χ4n) is 1.50. The zero-order valence-electron chi connectivity index (χ0n) is 10.6. The molecule has 0 aliphatic heterocycles. The van der Waals surface area contributed by atoms with Crippen molar-refractivity contribution in [1.29, 1.82) is 0 Å². The van der Waals surface area contributed by atoms with Crippen LogP contribution in [-0.4, -0.2) is 19.9 Å². The van der Waals surface area contributed by atoms with Crippen molar-refractivity contribution in [1.82, 2.24) is 0 Å². The Kier molecular flexibility index (Phi) is 7.63. The van der Waals surface area contributed by atoms with Crippen LogP contribution in [0.25, 0.3) is 0 Å². The third-order valence-electron chi connectivity index (χ3n) is 2.67. The summed E-state index contributed by atoms with van der Waals surface area (Å²) in [5, 5.41) is 0. The topological polar surface area (TPSA) is 44.5 Å². The van der Waals surface area contributed by atoms with E-state index in [1.54, 1.807) is 0 Å². The summed E-state index contributed by atoms with van der Waals surface area (Å²) < 4.78 is 10.8. The Morgan fingerprint density at radius 2 is 1.94 bits per heavy atom. The van der Waals surface area contributed by atoms with E-state index in [1.807, 2.05) is 30.3 Å². The zero-order chi connectivity index (χ0) is 12.3. The lowest BCUT2D eigenvalue weighted by Crippen LogP contribution is -2.11. The number of nitrogens with two attached hydrogens (primary N) is 1. The van der Waals surface area contributed by atoms with Gasteiger partial charge in [-0.1, -0.05) is 37.3 Å². The van der Waals surface area contributed by atoms with E-state index in [4.69, 9.17) is 15.2 Å². The van der Waals surface area contributed by atoms with E-state index in [-0.39, 0.29) is 0 Å². The van der Waals surface area contributed by atoms with Gasteiger partial charge in [0.25, 0.3) is 0 Å². The van der Waals surface area contributed by atoms with Crippen LogP contribution >= 0.6 is 0 Å². The number of ether oxygens (including phenoxy) is 2. The largest absolute Gasteiger partial charge is 0.355 e. The predicted octanol–water partition coefficient (Wildman–Crippen LogP) is 2.55. The van der Waals surface area contributed by atoms with Crippen molar-refractivity contribution in [2.45, 2.75) is 26.4 Å². The van der Waals surface area contributed by atoms with Gasteiger partial charge in [-0.05, 0) is 30.9 Å². The van der Waals surface area contributed by atoms with Crippen molar-refractivity contribution in [3.8, 4) is 0 Å². The van der Waals surface area contributed by atoms with Gasteiger partial charge >= 0.3 is 0 Å². The third-order valence-corrected chi connectivity index (χ3v) is 2.67. The highest BCUT2D eigenvalue weighted by Gasteiger charge is 1.98. The van der Waals surface area contributed by atoms with Crippen LogP contribution in [0.4, 0.5) is 0 Å². The van der Waals surface area contributed by atoms with Crippen LogP contribution in [0.3, 0.4) is 0 Å². The number of hydrogen-bond donors (Lipinski definition) is 1. The molecule has 1 rings (SSSR count). The highest BCUT2D eigenvalue weighted by atomic mass is 16.7. The van der Waals surface area contributed by atoms with Crippen LogP contribution < -0.4 is 5.73 Å². The highest BCUT2D eigenvalue weighted by molar-refractivity contribution is 5.13. The van der Waals surface area contributed by atoms with Crippen molar-refractivity contribution in [2.75, 3.05) is 19.9 Å². The Morgan fingerprint density at radius 3 is 2.65 bits per heavy atom. The monoisotopic (exact) mass is 237 g/mol. The Bertz CT molecular complexity index is 277. The maximum Gasteiger partial charge on any atom is 0.147 e. The molecule has 0 saturated heterocycles. The maximum atomic E-state index is 5.53. The van der Waals surface area contributed by atoms with Crippen molar-refractivity contribution >= 4 is 0 Å². The Labute approximate surface area is 104 Å². The molecule has 0 fully saturated rings. The molecule has 1 aromatic carbocycles. The van der Waals surface area contributed by atoms with Gasteiger partial charge in [0.1, 0.15) is 6.79 Å². The smallest absolute Gasteiger partial charge is 0.147 e. The molecule has 0 aliphatic rings. The molecular weight excluding hydrogens is 214 g/mol. The van der Waals surface area contributed by atoms with E-state index in [9.17, 15) is 0 Å². The minimum Gasteiger partial charge on any atom is -0.355 e. The van der Waals surface area contributed by atoms with Crippen molar-refractivity contribution in [3.05, 3.63) is 35.9 Å². The quantitative estimate of drug-likeness (QED) is 0.530. The summed E-state index contributed by atoms with van der Waals surface area (Å²) in [5.41, 5.74) is 6.71. The van der Waals surface area contributed by atoms with E-state index in [1.165, 1.54) is 5.56 Å². The van der Waals surface area contributed by atoms with Gasteiger partial charge in [0.2, 0.25) is 0 Å². The zero-order valence-corrected chi connectivity index (χ0v) is 10.6. The van der Waals surface area contributed by atoms with Gasteiger partial charge in [-0.25, -0.2) is 0 Å². The first kappa shape index (κ1) is 14.2. The average molecular weight is 237 g/mol. The fraction of sp³-hybridized carbons (Fsp3) is 0.571. The van der Waals surface area contributed by atoms with Crippen LogP contribution in [-0.2, 0) is 16.1 Å². The summed E-state index contributed by atoms with van der Waals surface area (Å²) in [7, 11) is 0. The van der Waals surface area contributed by atoms with E-state index >= 15 is 0 Å². The van der Waals surface area contributed by atoms with Gasteiger partial charge in [-0.15, -0.1) is 0 Å². The summed E-state index contributed by atoms with van der Waals surface area (Å²) >= 11 is 0. The van der Waals surface area contributed by atoms with Crippen molar-refractivity contribution in [3.63, 3.8) is 0 Å². The van der Waals surface area contributed by atoms with E-state index in [2.05, 4.69) is 6.92 Å². The van der Waals surface area contributed by atoms with Crippen molar-refractivity contribution in [2.24, 2.45) is 11.7 Å². The minimum atomic E-state index is 0.367. The molecule has 3 nitrogen and oxygen atoms in total. The summed E-state index contributed by atoms with van der Waals surface area (Å²) in [6.07, 6.45) is 2.17. The molecule has 1 aromatic rings. The van der Waals surface area contributed by atoms with E-state index in [0.717, 1.165) is 26.0 Å². The molecule has 0 heterocycles. The van der Waals surface area contributed by atoms with Crippen LogP contribution in [0.5, 0.6) is 0 Å². The number of rotatable bonds is 9. The molecule has 2 N–H and O–H groups in total. The molecule has 0 saturated carbocycles. The molecule has 0 radical (unpaired) electrons. The average Bonchev–Trinajstić information content (AvgIpc) is 2.38. The standard InChI is InChI=1S/C14H23NO2/c1-13(10-15)6-5-9-16-12-17-11-14-7-3-2-4-8-14/h2-4,7-8,13H,5-6,9-12,15H2,1H3. The summed E-state index contributed by atoms with van der Waals surface area (Å²) in [6, 6.07) is 10.1. The first-order valence-corrected chi connectivity index (χ1v) is 6.22. The summed E-state index contributed by atoms with van der Waals surface area (Å²) in [6.45, 7) is 4.64. The van der Waals surface area contributed by atoms with Crippen LogP contribution in [0.1, 0.15) is 25.3 Å². The first-order chi connectivity index (χ1) is 8.33. The van der Waals surface area contributed by atoms with Crippen molar-refractivity contribution < 1.29 is 9.47 Å². The molecule has 17 heavy (non-hydrogen) atoms. The second-order valence-corrected chi connectivity index (χ2v) is 4.34. The molecule has 0 amide bonds. The molecule has 0 bridgehead atoms. The van der Waals surface area contributed by atoms with Gasteiger partial charge in [0.15, 0.2) is 0 Å². The lowest BCUT2D eigenvalue weighted by Gasteiger charge is -2.08. The lowest BCUT2D eigenvalue weighted by molar-refractivity contribution is -0.0627. The van der Waals surface area contributed by atoms with Gasteiger partial charge in [-0.2, -0.15) is 0 Å². The molecule has 3 heteroatoms. The second kappa shape index (κ2) is 9.16.